The fourth-order valence-corrected chi connectivity index (χ4v) is 2.73. The van der Waals surface area contributed by atoms with Crippen LogP contribution in [-0.2, 0) is 0 Å². The zero-order valence-electron chi connectivity index (χ0n) is 12.1. The summed E-state index contributed by atoms with van der Waals surface area (Å²) in [5.74, 6) is 0.820. The van der Waals surface area contributed by atoms with Crippen LogP contribution < -0.4 is 4.74 Å². The normalized spacial score (nSPS) is 18.0. The number of benzene rings is 1. The highest BCUT2D eigenvalue weighted by molar-refractivity contribution is 6.30. The van der Waals surface area contributed by atoms with Gasteiger partial charge in [0, 0.05) is 29.5 Å². The first-order chi connectivity index (χ1) is 10.7. The van der Waals surface area contributed by atoms with Crippen LogP contribution in [0.2, 0.25) is 5.02 Å². The predicted molar refractivity (Wildman–Crippen MR) is 85.2 cm³/mol. The van der Waals surface area contributed by atoms with Crippen molar-refractivity contribution < 1.29 is 9.53 Å². The molecule has 1 atom stereocenters. The van der Waals surface area contributed by atoms with Gasteiger partial charge in [0.15, 0.2) is 0 Å². The Kier molecular flexibility index (Phi) is 4.59. The number of likely N-dealkylation sites (tertiary alicyclic amines) is 1. The Morgan fingerprint density at radius 3 is 2.64 bits per heavy atom. The topological polar surface area (TPSA) is 42.4 Å². The number of nitrogens with zero attached hydrogens (tertiary/aromatic N) is 2. The Balaban J connectivity index is 1.65. The molecule has 1 fully saturated rings. The maximum Gasteiger partial charge on any atom is 0.253 e. The third kappa shape index (κ3) is 3.57. The van der Waals surface area contributed by atoms with Gasteiger partial charge in [0.1, 0.15) is 11.9 Å². The lowest BCUT2D eigenvalue weighted by atomic mass is 10.1. The molecule has 2 heterocycles. The van der Waals surface area contributed by atoms with Crippen LogP contribution >= 0.6 is 11.6 Å². The Morgan fingerprint density at radius 1 is 1.18 bits per heavy atom. The molecular weight excluding hydrogens is 300 g/mol. The molecular formula is C17H17ClN2O2. The summed E-state index contributed by atoms with van der Waals surface area (Å²) in [6.45, 7) is 1.36. The van der Waals surface area contributed by atoms with Crippen molar-refractivity contribution in [2.45, 2.75) is 18.9 Å². The molecule has 0 bridgehead atoms. The van der Waals surface area contributed by atoms with Gasteiger partial charge in [-0.2, -0.15) is 0 Å². The number of halogens is 1. The maximum atomic E-state index is 12.5. The smallest absolute Gasteiger partial charge is 0.253 e. The molecule has 4 nitrogen and oxygen atoms in total. The van der Waals surface area contributed by atoms with Crippen molar-refractivity contribution in [3.05, 3.63) is 59.4 Å². The first-order valence-corrected chi connectivity index (χ1v) is 7.72. The third-order valence-electron chi connectivity index (χ3n) is 3.71. The number of ether oxygens (including phenoxy) is 1. The van der Waals surface area contributed by atoms with Crippen molar-refractivity contribution in [1.29, 1.82) is 0 Å². The van der Waals surface area contributed by atoms with Crippen molar-refractivity contribution in [2.75, 3.05) is 13.1 Å². The first kappa shape index (κ1) is 14.9. The SMILES string of the molecule is O=C(c1ccc(Cl)cc1)N1CCC[C@@H](Oc2ccncc2)C1. The molecule has 1 aliphatic rings. The predicted octanol–water partition coefficient (Wildman–Crippen LogP) is 3.42. The van der Waals surface area contributed by atoms with Crippen molar-refractivity contribution in [2.24, 2.45) is 0 Å². The summed E-state index contributed by atoms with van der Waals surface area (Å²) < 4.78 is 5.94. The Hall–Kier alpha value is -2.07. The second-order valence-electron chi connectivity index (χ2n) is 5.32. The Bertz CT molecular complexity index is 631. The number of carbonyl (C=O) groups excluding carboxylic acids is 1. The largest absolute Gasteiger partial charge is 0.488 e. The van der Waals surface area contributed by atoms with E-state index in [4.69, 9.17) is 16.3 Å². The number of aromatic nitrogens is 1. The summed E-state index contributed by atoms with van der Waals surface area (Å²) in [6, 6.07) is 10.7. The summed E-state index contributed by atoms with van der Waals surface area (Å²) in [5, 5.41) is 0.633. The average Bonchev–Trinajstić information content (AvgIpc) is 2.56. The average molecular weight is 317 g/mol. The summed E-state index contributed by atoms with van der Waals surface area (Å²) >= 11 is 5.87. The highest BCUT2D eigenvalue weighted by Crippen LogP contribution is 2.20. The fourth-order valence-electron chi connectivity index (χ4n) is 2.60. The lowest BCUT2D eigenvalue weighted by Crippen LogP contribution is -2.44. The van der Waals surface area contributed by atoms with Crippen molar-refractivity contribution in [1.82, 2.24) is 9.88 Å². The number of hydrogen-bond acceptors (Lipinski definition) is 3. The molecule has 0 spiro atoms. The Labute approximate surface area is 134 Å². The molecule has 0 radical (unpaired) electrons. The molecule has 0 aliphatic carbocycles. The van der Waals surface area contributed by atoms with E-state index in [1.54, 1.807) is 36.7 Å². The standard InChI is InChI=1S/C17H17ClN2O2/c18-14-5-3-13(4-6-14)17(21)20-11-1-2-16(12-20)22-15-7-9-19-10-8-15/h3-10,16H,1-2,11-12H2/t16-/m1/s1. The van der Waals surface area contributed by atoms with Gasteiger partial charge in [0.25, 0.3) is 5.91 Å². The van der Waals surface area contributed by atoms with Crippen molar-refractivity contribution in [3.63, 3.8) is 0 Å². The van der Waals surface area contributed by atoms with Crippen molar-refractivity contribution in [3.8, 4) is 5.75 Å². The maximum absolute atomic E-state index is 12.5. The zero-order chi connectivity index (χ0) is 15.4. The summed E-state index contributed by atoms with van der Waals surface area (Å²) in [4.78, 5) is 18.3. The minimum atomic E-state index is 0.0207. The zero-order valence-corrected chi connectivity index (χ0v) is 12.9. The first-order valence-electron chi connectivity index (χ1n) is 7.34. The van der Waals surface area contributed by atoms with Gasteiger partial charge in [-0.05, 0) is 49.2 Å². The summed E-state index contributed by atoms with van der Waals surface area (Å²) in [5.41, 5.74) is 0.661. The van der Waals surface area contributed by atoms with E-state index in [1.165, 1.54) is 0 Å². The van der Waals surface area contributed by atoms with Gasteiger partial charge < -0.3 is 9.64 Å². The minimum Gasteiger partial charge on any atom is -0.488 e. The van der Waals surface area contributed by atoms with Gasteiger partial charge in [0.2, 0.25) is 0 Å². The van der Waals surface area contributed by atoms with E-state index in [-0.39, 0.29) is 12.0 Å². The van der Waals surface area contributed by atoms with E-state index in [0.29, 0.717) is 17.1 Å². The van der Waals surface area contributed by atoms with Gasteiger partial charge >= 0.3 is 0 Å². The highest BCUT2D eigenvalue weighted by atomic mass is 35.5. The van der Waals surface area contributed by atoms with Gasteiger partial charge in [0.05, 0.1) is 6.54 Å². The van der Waals surface area contributed by atoms with Crippen LogP contribution in [0.25, 0.3) is 0 Å². The molecule has 1 aromatic heterocycles. The van der Waals surface area contributed by atoms with E-state index in [1.807, 2.05) is 17.0 Å². The highest BCUT2D eigenvalue weighted by Gasteiger charge is 2.25. The molecule has 1 saturated heterocycles. The minimum absolute atomic E-state index is 0.0207. The molecule has 0 unspecified atom stereocenters. The second-order valence-corrected chi connectivity index (χ2v) is 5.76. The van der Waals surface area contributed by atoms with Gasteiger partial charge in [-0.3, -0.25) is 9.78 Å². The molecule has 0 N–H and O–H groups in total. The number of amides is 1. The quantitative estimate of drug-likeness (QED) is 0.871. The van der Waals surface area contributed by atoms with Crippen LogP contribution in [0.3, 0.4) is 0 Å². The monoisotopic (exact) mass is 316 g/mol. The lowest BCUT2D eigenvalue weighted by Gasteiger charge is -2.33. The number of pyridine rings is 1. The Morgan fingerprint density at radius 2 is 1.91 bits per heavy atom. The molecule has 3 rings (SSSR count). The fraction of sp³-hybridized carbons (Fsp3) is 0.294. The number of piperidine rings is 1. The molecule has 1 amide bonds. The molecule has 0 saturated carbocycles. The van der Waals surface area contributed by atoms with E-state index >= 15 is 0 Å². The number of carbonyl (C=O) groups is 1. The van der Waals surface area contributed by atoms with Crippen LogP contribution in [0.5, 0.6) is 5.75 Å². The van der Waals surface area contributed by atoms with Gasteiger partial charge in [-0.15, -0.1) is 0 Å². The van der Waals surface area contributed by atoms with Crippen LogP contribution in [-0.4, -0.2) is 35.0 Å². The molecule has 114 valence electrons. The van der Waals surface area contributed by atoms with E-state index in [0.717, 1.165) is 25.1 Å². The molecule has 2 aromatic rings. The van der Waals surface area contributed by atoms with E-state index < -0.39 is 0 Å². The summed E-state index contributed by atoms with van der Waals surface area (Å²) in [6.07, 6.45) is 5.32. The molecule has 1 aliphatic heterocycles. The number of hydrogen-bond donors (Lipinski definition) is 0. The lowest BCUT2D eigenvalue weighted by molar-refractivity contribution is 0.0538. The van der Waals surface area contributed by atoms with Gasteiger partial charge in [-0.25, -0.2) is 0 Å². The van der Waals surface area contributed by atoms with E-state index in [2.05, 4.69) is 4.98 Å². The second kappa shape index (κ2) is 6.79. The van der Waals surface area contributed by atoms with Crippen molar-refractivity contribution >= 4 is 17.5 Å². The number of rotatable bonds is 3. The van der Waals surface area contributed by atoms with Crippen LogP contribution in [0, 0.1) is 0 Å². The van der Waals surface area contributed by atoms with Crippen LogP contribution in [0.4, 0.5) is 0 Å². The van der Waals surface area contributed by atoms with Crippen LogP contribution in [0.15, 0.2) is 48.8 Å². The molecule has 22 heavy (non-hydrogen) atoms. The summed E-state index contributed by atoms with van der Waals surface area (Å²) in [7, 11) is 0. The molecule has 5 heteroatoms. The molecule has 1 aromatic carbocycles. The van der Waals surface area contributed by atoms with Gasteiger partial charge in [-0.1, -0.05) is 11.6 Å². The third-order valence-corrected chi connectivity index (χ3v) is 3.96. The van der Waals surface area contributed by atoms with E-state index in [9.17, 15) is 4.79 Å². The van der Waals surface area contributed by atoms with Crippen LogP contribution in [0.1, 0.15) is 23.2 Å².